The minimum absolute atomic E-state index is 0.712. The summed E-state index contributed by atoms with van der Waals surface area (Å²) < 4.78 is 1.20. The van der Waals surface area contributed by atoms with E-state index in [1.54, 1.807) is 11.3 Å². The summed E-state index contributed by atoms with van der Waals surface area (Å²) in [5.41, 5.74) is 17.0. The molecule has 0 unspecified atom stereocenters. The molecule has 2 aromatic heterocycles. The van der Waals surface area contributed by atoms with Crippen molar-refractivity contribution >= 4 is 31.6 Å². The highest BCUT2D eigenvalue weighted by Gasteiger charge is 2.18. The minimum Gasteiger partial charge on any atom is -0.227 e. The Hall–Kier alpha value is -7.72. The van der Waals surface area contributed by atoms with Crippen LogP contribution in [0.4, 0.5) is 0 Å². The van der Waals surface area contributed by atoms with Crippen LogP contribution in [0.2, 0.25) is 0 Å². The maximum atomic E-state index is 5.44. The van der Waals surface area contributed by atoms with Crippen molar-refractivity contribution in [1.82, 2.24) is 9.97 Å². The van der Waals surface area contributed by atoms with E-state index in [9.17, 15) is 0 Å². The van der Waals surface area contributed by atoms with Gasteiger partial charge in [0.15, 0.2) is 5.82 Å². The minimum atomic E-state index is 0.712. The lowest BCUT2D eigenvalue weighted by molar-refractivity contribution is 1.24. The number of thiophene rings is 1. The topological polar surface area (TPSA) is 25.8 Å². The van der Waals surface area contributed by atoms with Gasteiger partial charge in [0, 0.05) is 26.6 Å². The molecule has 0 saturated heterocycles. The van der Waals surface area contributed by atoms with Crippen molar-refractivity contribution in [3.8, 4) is 89.4 Å². The third-order valence-electron chi connectivity index (χ3n) is 11.5. The van der Waals surface area contributed by atoms with Crippen LogP contribution in [0.15, 0.2) is 231 Å². The Labute approximate surface area is 359 Å². The summed E-state index contributed by atoms with van der Waals surface area (Å²) >= 11 is 1.73. The van der Waals surface area contributed by atoms with Crippen LogP contribution < -0.4 is 0 Å². The fourth-order valence-corrected chi connectivity index (χ4v) is 9.50. The Balaban J connectivity index is 1.06. The molecule has 11 rings (SSSR count). The summed E-state index contributed by atoms with van der Waals surface area (Å²) in [6.45, 7) is 0. The molecule has 0 fully saturated rings. The number of hydrogen-bond donors (Lipinski definition) is 0. The normalized spacial score (nSPS) is 11.3. The summed E-state index contributed by atoms with van der Waals surface area (Å²) in [4.78, 5) is 11.7. The second kappa shape index (κ2) is 15.8. The maximum Gasteiger partial charge on any atom is 0.161 e. The molecule has 0 aliphatic rings. The van der Waals surface area contributed by atoms with Crippen molar-refractivity contribution in [2.75, 3.05) is 0 Å². The van der Waals surface area contributed by atoms with Crippen molar-refractivity contribution in [1.29, 1.82) is 0 Å². The Bertz CT molecular complexity index is 3250. The lowest BCUT2D eigenvalue weighted by Gasteiger charge is -2.14. The molecule has 2 nitrogen and oxygen atoms in total. The number of aromatic nitrogens is 2. The molecule has 61 heavy (non-hydrogen) atoms. The molecule has 0 atom stereocenters. The fourth-order valence-electron chi connectivity index (χ4n) is 8.42. The van der Waals surface area contributed by atoms with Gasteiger partial charge < -0.3 is 0 Å². The van der Waals surface area contributed by atoms with Crippen molar-refractivity contribution in [2.45, 2.75) is 0 Å². The molecule has 2 heterocycles. The third kappa shape index (κ3) is 7.22. The molecular weight excluding hydrogens is 757 g/mol. The van der Waals surface area contributed by atoms with Gasteiger partial charge in [-0.05, 0) is 115 Å². The average Bonchev–Trinajstić information content (AvgIpc) is 3.73. The Morgan fingerprint density at radius 2 is 0.607 bits per heavy atom. The summed E-state index contributed by atoms with van der Waals surface area (Å²) in [5, 5.41) is 2.28. The Morgan fingerprint density at radius 1 is 0.262 bits per heavy atom. The molecule has 0 saturated carbocycles. The molecule has 0 bridgehead atoms. The first-order valence-corrected chi connectivity index (χ1v) is 21.4. The van der Waals surface area contributed by atoms with Gasteiger partial charge in [0.1, 0.15) is 4.83 Å². The van der Waals surface area contributed by atoms with Crippen LogP contribution in [-0.2, 0) is 0 Å². The lowest BCUT2D eigenvalue weighted by atomic mass is 9.91. The maximum absolute atomic E-state index is 5.44. The van der Waals surface area contributed by atoms with Gasteiger partial charge in [-0.3, -0.25) is 0 Å². The first-order valence-electron chi connectivity index (χ1n) is 20.6. The smallest absolute Gasteiger partial charge is 0.161 e. The van der Waals surface area contributed by atoms with E-state index in [-0.39, 0.29) is 0 Å². The second-order valence-electron chi connectivity index (χ2n) is 15.4. The van der Waals surface area contributed by atoms with Gasteiger partial charge in [-0.15, -0.1) is 11.3 Å². The molecular formula is C58H38N2S. The van der Waals surface area contributed by atoms with Crippen LogP contribution in [-0.4, -0.2) is 9.97 Å². The molecule has 0 spiro atoms. The van der Waals surface area contributed by atoms with Crippen LogP contribution in [0.1, 0.15) is 0 Å². The molecule has 0 aliphatic heterocycles. The largest absolute Gasteiger partial charge is 0.227 e. The quantitative estimate of drug-likeness (QED) is 0.153. The van der Waals surface area contributed by atoms with Crippen LogP contribution in [0.25, 0.3) is 110 Å². The standard InChI is InChI=1S/C58H38N2S/c1-4-16-39(17-5-1)42-22-12-25-45(32-42)50-36-51(46-26-13-23-43(33-46)40-18-6-2-7-19-40)38-52(37-50)47-27-15-29-49(35-47)57-59-56(55-53-30-10-11-31-54(53)61-58(55)60-57)48-28-14-24-44(34-48)41-20-8-3-9-21-41/h1-38H. The van der Waals surface area contributed by atoms with Crippen LogP contribution in [0, 0.1) is 0 Å². The fraction of sp³-hybridized carbons (Fsp3) is 0. The number of nitrogens with zero attached hydrogens (tertiary/aromatic N) is 2. The molecule has 286 valence electrons. The van der Waals surface area contributed by atoms with E-state index >= 15 is 0 Å². The Kier molecular flexibility index (Phi) is 9.42. The predicted molar refractivity (Wildman–Crippen MR) is 258 cm³/mol. The van der Waals surface area contributed by atoms with E-state index in [2.05, 4.69) is 231 Å². The average molecular weight is 795 g/mol. The SMILES string of the molecule is c1ccc(-c2cccc(-c3cc(-c4cccc(-c5ccccc5)c4)cc(-c4cccc(-c5nc(-c6cccc(-c7ccccc7)c6)c6c(n5)sc5ccccc56)c4)c3)c2)cc1. The van der Waals surface area contributed by atoms with Crippen molar-refractivity contribution in [3.05, 3.63) is 231 Å². The number of hydrogen-bond acceptors (Lipinski definition) is 3. The van der Waals surface area contributed by atoms with Crippen LogP contribution in [0.5, 0.6) is 0 Å². The van der Waals surface area contributed by atoms with E-state index < -0.39 is 0 Å². The zero-order valence-corrected chi connectivity index (χ0v) is 34.1. The van der Waals surface area contributed by atoms with Crippen LogP contribution in [0.3, 0.4) is 0 Å². The molecule has 3 heteroatoms. The molecule has 9 aromatic carbocycles. The number of benzene rings is 9. The lowest BCUT2D eigenvalue weighted by Crippen LogP contribution is -1.94. The van der Waals surface area contributed by atoms with E-state index in [0.29, 0.717) is 5.82 Å². The van der Waals surface area contributed by atoms with E-state index in [1.807, 2.05) is 0 Å². The Morgan fingerprint density at radius 3 is 1.10 bits per heavy atom. The zero-order chi connectivity index (χ0) is 40.5. The van der Waals surface area contributed by atoms with E-state index in [1.165, 1.54) is 49.0 Å². The summed E-state index contributed by atoms with van der Waals surface area (Å²) in [5.74, 6) is 0.712. The summed E-state index contributed by atoms with van der Waals surface area (Å²) in [7, 11) is 0. The van der Waals surface area contributed by atoms with E-state index in [4.69, 9.17) is 9.97 Å². The molecule has 0 aliphatic carbocycles. The van der Waals surface area contributed by atoms with Gasteiger partial charge in [-0.25, -0.2) is 9.97 Å². The first-order chi connectivity index (χ1) is 30.2. The van der Waals surface area contributed by atoms with Crippen LogP contribution >= 0.6 is 11.3 Å². The van der Waals surface area contributed by atoms with Crippen molar-refractivity contribution in [2.24, 2.45) is 0 Å². The van der Waals surface area contributed by atoms with Gasteiger partial charge in [0.2, 0.25) is 0 Å². The van der Waals surface area contributed by atoms with Crippen molar-refractivity contribution < 1.29 is 0 Å². The molecule has 11 aromatic rings. The molecule has 0 N–H and O–H groups in total. The summed E-state index contributed by atoms with van der Waals surface area (Å²) in [6.07, 6.45) is 0. The predicted octanol–water partition coefficient (Wildman–Crippen LogP) is 16.2. The molecule has 0 amide bonds. The second-order valence-corrected chi connectivity index (χ2v) is 16.4. The van der Waals surface area contributed by atoms with E-state index in [0.717, 1.165) is 54.9 Å². The van der Waals surface area contributed by atoms with Gasteiger partial charge >= 0.3 is 0 Å². The van der Waals surface area contributed by atoms with Crippen molar-refractivity contribution in [3.63, 3.8) is 0 Å². The zero-order valence-electron chi connectivity index (χ0n) is 33.2. The highest BCUT2D eigenvalue weighted by molar-refractivity contribution is 7.25. The summed E-state index contributed by atoms with van der Waals surface area (Å²) in [6, 6.07) is 82.5. The highest BCUT2D eigenvalue weighted by atomic mass is 32.1. The first kappa shape index (κ1) is 36.4. The highest BCUT2D eigenvalue weighted by Crippen LogP contribution is 2.41. The van der Waals surface area contributed by atoms with Gasteiger partial charge in [-0.2, -0.15) is 0 Å². The molecule has 0 radical (unpaired) electrons. The van der Waals surface area contributed by atoms with Gasteiger partial charge in [0.05, 0.1) is 5.69 Å². The van der Waals surface area contributed by atoms with Gasteiger partial charge in [-0.1, -0.05) is 182 Å². The third-order valence-corrected chi connectivity index (χ3v) is 12.5. The number of rotatable bonds is 8. The number of fused-ring (bicyclic) bond motifs is 3. The van der Waals surface area contributed by atoms with Gasteiger partial charge in [0.25, 0.3) is 0 Å². The monoisotopic (exact) mass is 794 g/mol.